The monoisotopic (exact) mass is 255 g/mol. The number of pyridine rings is 1. The Morgan fingerprint density at radius 1 is 1.19 bits per heavy atom. The molecule has 0 fully saturated rings. The molecule has 0 aliphatic heterocycles. The molecule has 0 bridgehead atoms. The fourth-order valence-electron chi connectivity index (χ4n) is 1.76. The maximum Gasteiger partial charge on any atom is 0.251 e. The summed E-state index contributed by atoms with van der Waals surface area (Å²) in [5.74, 6) is 0.780. The fourth-order valence-corrected chi connectivity index (χ4v) is 2.15. The van der Waals surface area contributed by atoms with E-state index in [0.717, 1.165) is 22.0 Å². The molecule has 16 heavy (non-hydrogen) atoms. The number of aromatic nitrogens is 1. The Morgan fingerprint density at radius 3 is 2.56 bits per heavy atom. The number of hydrogen-bond donors (Lipinski definition) is 0. The van der Waals surface area contributed by atoms with Crippen molar-refractivity contribution in [2.75, 3.05) is 0 Å². The van der Waals surface area contributed by atoms with Gasteiger partial charge in [0.15, 0.2) is 0 Å². The maximum absolute atomic E-state index is 11.7. The molecule has 0 radical (unpaired) electrons. The van der Waals surface area contributed by atoms with Crippen molar-refractivity contribution in [1.82, 2.24) is 4.57 Å². The van der Waals surface area contributed by atoms with E-state index in [4.69, 9.17) is 23.2 Å². The first kappa shape index (κ1) is 11.5. The SMILES string of the molecule is Cn1c(=O)cc(CCl)c2ccc(CCl)cc21. The minimum absolute atomic E-state index is 0.0464. The molecule has 1 heterocycles. The van der Waals surface area contributed by atoms with E-state index < -0.39 is 0 Å². The summed E-state index contributed by atoms with van der Waals surface area (Å²) >= 11 is 11.6. The van der Waals surface area contributed by atoms with Crippen molar-refractivity contribution in [3.05, 3.63) is 45.7 Å². The highest BCUT2D eigenvalue weighted by atomic mass is 35.5. The maximum atomic E-state index is 11.7. The molecular weight excluding hydrogens is 245 g/mol. The highest BCUT2D eigenvalue weighted by molar-refractivity contribution is 6.18. The molecular formula is C12H11Cl2NO. The van der Waals surface area contributed by atoms with Gasteiger partial charge in [0.25, 0.3) is 5.56 Å². The zero-order chi connectivity index (χ0) is 11.7. The van der Waals surface area contributed by atoms with Gasteiger partial charge in [-0.25, -0.2) is 0 Å². The van der Waals surface area contributed by atoms with E-state index in [2.05, 4.69) is 0 Å². The van der Waals surface area contributed by atoms with Crippen molar-refractivity contribution in [3.8, 4) is 0 Å². The predicted molar refractivity (Wildman–Crippen MR) is 68.3 cm³/mol. The summed E-state index contributed by atoms with van der Waals surface area (Å²) in [6.07, 6.45) is 0. The van der Waals surface area contributed by atoms with Crippen LogP contribution in [0.15, 0.2) is 29.1 Å². The van der Waals surface area contributed by atoms with Crippen LogP contribution in [-0.2, 0) is 18.8 Å². The second-order valence-electron chi connectivity index (χ2n) is 3.69. The summed E-state index contributed by atoms with van der Waals surface area (Å²) in [4.78, 5) is 11.7. The Balaban J connectivity index is 2.88. The Kier molecular flexibility index (Phi) is 3.22. The molecule has 2 nitrogen and oxygen atoms in total. The standard InChI is InChI=1S/C12H11Cl2NO/c1-15-11-4-8(6-13)2-3-10(11)9(7-14)5-12(15)16/h2-5H,6-7H2,1H3. The summed E-state index contributed by atoms with van der Waals surface area (Å²) in [5.41, 5.74) is 2.69. The Morgan fingerprint density at radius 2 is 1.94 bits per heavy atom. The molecule has 1 aromatic heterocycles. The summed E-state index contributed by atoms with van der Waals surface area (Å²) in [6.45, 7) is 0. The molecule has 0 N–H and O–H groups in total. The third-order valence-corrected chi connectivity index (χ3v) is 3.29. The predicted octanol–water partition coefficient (Wildman–Crippen LogP) is 3.02. The largest absolute Gasteiger partial charge is 0.311 e. The molecule has 2 rings (SSSR count). The number of alkyl halides is 2. The number of hydrogen-bond acceptors (Lipinski definition) is 1. The smallest absolute Gasteiger partial charge is 0.251 e. The highest BCUT2D eigenvalue weighted by Gasteiger charge is 2.06. The fraction of sp³-hybridized carbons (Fsp3) is 0.250. The van der Waals surface area contributed by atoms with Crippen LogP contribution in [-0.4, -0.2) is 4.57 Å². The number of halogens is 2. The van der Waals surface area contributed by atoms with E-state index in [1.54, 1.807) is 17.7 Å². The van der Waals surface area contributed by atoms with Gasteiger partial charge in [0.2, 0.25) is 0 Å². The first-order chi connectivity index (χ1) is 7.67. The van der Waals surface area contributed by atoms with Crippen LogP contribution in [0.4, 0.5) is 0 Å². The van der Waals surface area contributed by atoms with Gasteiger partial charge in [0.1, 0.15) is 0 Å². The topological polar surface area (TPSA) is 22.0 Å². The van der Waals surface area contributed by atoms with Gasteiger partial charge in [-0.3, -0.25) is 4.79 Å². The molecule has 0 aliphatic rings. The molecule has 4 heteroatoms. The van der Waals surface area contributed by atoms with Crippen molar-refractivity contribution >= 4 is 34.1 Å². The van der Waals surface area contributed by atoms with E-state index in [0.29, 0.717) is 11.8 Å². The summed E-state index contributed by atoms with van der Waals surface area (Å²) in [7, 11) is 1.75. The number of aryl methyl sites for hydroxylation is 1. The van der Waals surface area contributed by atoms with Gasteiger partial charge in [0, 0.05) is 30.3 Å². The lowest BCUT2D eigenvalue weighted by Gasteiger charge is -2.09. The van der Waals surface area contributed by atoms with Gasteiger partial charge in [-0.15, -0.1) is 23.2 Å². The highest BCUT2D eigenvalue weighted by Crippen LogP contribution is 2.20. The quantitative estimate of drug-likeness (QED) is 0.757. The average molecular weight is 256 g/mol. The van der Waals surface area contributed by atoms with Crippen molar-refractivity contribution in [1.29, 1.82) is 0 Å². The van der Waals surface area contributed by atoms with Crippen LogP contribution in [0.1, 0.15) is 11.1 Å². The molecule has 2 aromatic rings. The van der Waals surface area contributed by atoms with Gasteiger partial charge in [0.05, 0.1) is 5.52 Å². The summed E-state index contributed by atoms with van der Waals surface area (Å²) in [6, 6.07) is 7.43. The zero-order valence-electron chi connectivity index (χ0n) is 8.84. The van der Waals surface area contributed by atoms with Crippen LogP contribution in [0.3, 0.4) is 0 Å². The molecule has 0 unspecified atom stereocenters. The Bertz CT molecular complexity index is 589. The van der Waals surface area contributed by atoms with E-state index in [9.17, 15) is 4.79 Å². The Hall–Kier alpha value is -0.990. The molecule has 1 aromatic carbocycles. The Labute approximate surface area is 103 Å². The number of fused-ring (bicyclic) bond motifs is 1. The van der Waals surface area contributed by atoms with Crippen LogP contribution in [0.2, 0.25) is 0 Å². The molecule has 0 amide bonds. The van der Waals surface area contributed by atoms with E-state index in [-0.39, 0.29) is 5.56 Å². The minimum atomic E-state index is -0.0464. The second kappa shape index (κ2) is 4.48. The zero-order valence-corrected chi connectivity index (χ0v) is 10.3. The number of benzene rings is 1. The molecule has 0 atom stereocenters. The lowest BCUT2D eigenvalue weighted by Crippen LogP contribution is -2.17. The van der Waals surface area contributed by atoms with Gasteiger partial charge in [-0.2, -0.15) is 0 Å². The minimum Gasteiger partial charge on any atom is -0.311 e. The van der Waals surface area contributed by atoms with Crippen molar-refractivity contribution in [2.24, 2.45) is 7.05 Å². The first-order valence-corrected chi connectivity index (χ1v) is 5.97. The molecule has 0 saturated carbocycles. The molecule has 0 aliphatic carbocycles. The van der Waals surface area contributed by atoms with Crippen LogP contribution in [0.25, 0.3) is 10.9 Å². The van der Waals surface area contributed by atoms with E-state index in [1.165, 1.54) is 0 Å². The number of rotatable bonds is 2. The van der Waals surface area contributed by atoms with Crippen molar-refractivity contribution in [3.63, 3.8) is 0 Å². The van der Waals surface area contributed by atoms with E-state index in [1.807, 2.05) is 18.2 Å². The number of nitrogens with zero attached hydrogens (tertiary/aromatic N) is 1. The second-order valence-corrected chi connectivity index (χ2v) is 4.22. The van der Waals surface area contributed by atoms with Crippen molar-refractivity contribution in [2.45, 2.75) is 11.8 Å². The lowest BCUT2D eigenvalue weighted by atomic mass is 10.1. The van der Waals surface area contributed by atoms with Gasteiger partial charge < -0.3 is 4.57 Å². The summed E-state index contributed by atoms with van der Waals surface area (Å²) in [5, 5.41) is 1.01. The van der Waals surface area contributed by atoms with Crippen LogP contribution in [0.5, 0.6) is 0 Å². The normalized spacial score (nSPS) is 10.9. The lowest BCUT2D eigenvalue weighted by molar-refractivity contribution is 0.901. The van der Waals surface area contributed by atoms with Gasteiger partial charge in [-0.05, 0) is 17.2 Å². The third-order valence-electron chi connectivity index (χ3n) is 2.70. The van der Waals surface area contributed by atoms with Crippen LogP contribution in [0, 0.1) is 0 Å². The molecule has 0 spiro atoms. The summed E-state index contributed by atoms with van der Waals surface area (Å²) < 4.78 is 1.61. The van der Waals surface area contributed by atoms with Crippen molar-refractivity contribution < 1.29 is 0 Å². The van der Waals surface area contributed by atoms with Crippen LogP contribution < -0.4 is 5.56 Å². The third kappa shape index (κ3) is 1.83. The van der Waals surface area contributed by atoms with E-state index >= 15 is 0 Å². The molecule has 84 valence electrons. The first-order valence-electron chi connectivity index (χ1n) is 4.91. The average Bonchev–Trinajstić information content (AvgIpc) is 2.33. The van der Waals surface area contributed by atoms with Gasteiger partial charge in [-0.1, -0.05) is 12.1 Å². The van der Waals surface area contributed by atoms with Gasteiger partial charge >= 0.3 is 0 Å². The van der Waals surface area contributed by atoms with Crippen LogP contribution >= 0.6 is 23.2 Å². The molecule has 0 saturated heterocycles.